The predicted octanol–water partition coefficient (Wildman–Crippen LogP) is 1.88. The van der Waals surface area contributed by atoms with Crippen LogP contribution in [0.25, 0.3) is 0 Å². The van der Waals surface area contributed by atoms with E-state index in [-0.39, 0.29) is 11.1 Å². The normalized spacial score (nSPS) is 27.3. The Morgan fingerprint density at radius 2 is 1.95 bits per heavy atom. The van der Waals surface area contributed by atoms with Crippen molar-refractivity contribution in [1.82, 2.24) is 9.29 Å². The van der Waals surface area contributed by atoms with Crippen molar-refractivity contribution in [2.45, 2.75) is 56.1 Å². The number of aromatic nitrogens is 1. The number of fused-ring (bicyclic) bond motifs is 1. The molecule has 2 aliphatic rings. The summed E-state index contributed by atoms with van der Waals surface area (Å²) in [6.45, 7) is 1.01. The van der Waals surface area contributed by atoms with Crippen LogP contribution in [0.2, 0.25) is 0 Å². The zero-order valence-electron chi connectivity index (χ0n) is 12.2. The van der Waals surface area contributed by atoms with Crippen LogP contribution in [0, 0.1) is 5.92 Å². The molecule has 2 heterocycles. The highest BCUT2D eigenvalue weighted by atomic mass is 32.2. The van der Waals surface area contributed by atoms with E-state index in [1.165, 1.54) is 6.42 Å². The average molecular weight is 309 g/mol. The van der Waals surface area contributed by atoms with Gasteiger partial charge in [0.25, 0.3) is 10.0 Å². The zero-order chi connectivity index (χ0) is 14.9. The summed E-state index contributed by atoms with van der Waals surface area (Å²) < 4.78 is 27.5. The largest absolute Gasteiger partial charge is 0.326 e. The summed E-state index contributed by atoms with van der Waals surface area (Å²) in [6.07, 6.45) is 8.21. The minimum atomic E-state index is -3.48. The van der Waals surface area contributed by atoms with Gasteiger partial charge in [0, 0.05) is 25.3 Å². The fourth-order valence-electron chi connectivity index (χ4n) is 3.68. The lowest BCUT2D eigenvalue weighted by molar-refractivity contribution is 0.129. The molecule has 2 atom stereocenters. The van der Waals surface area contributed by atoms with E-state index >= 15 is 0 Å². The Balaban J connectivity index is 1.88. The summed E-state index contributed by atoms with van der Waals surface area (Å²) in [5.41, 5.74) is 6.39. The molecule has 21 heavy (non-hydrogen) atoms. The molecule has 6 heteroatoms. The number of nitrogens with zero attached hydrogens (tertiary/aromatic N) is 2. The molecule has 1 aromatic heterocycles. The molecule has 0 bridgehead atoms. The molecule has 2 N–H and O–H groups in total. The Morgan fingerprint density at radius 1 is 1.19 bits per heavy atom. The summed E-state index contributed by atoms with van der Waals surface area (Å²) in [6, 6.07) is 3.51. The van der Waals surface area contributed by atoms with Crippen LogP contribution in [0.3, 0.4) is 0 Å². The third kappa shape index (κ3) is 2.84. The Labute approximate surface area is 126 Å². The van der Waals surface area contributed by atoms with E-state index in [1.807, 2.05) is 0 Å². The number of hydrogen-bond donors (Lipinski definition) is 1. The maximum atomic E-state index is 12.9. The van der Waals surface area contributed by atoms with Crippen LogP contribution in [0.4, 0.5) is 0 Å². The first-order valence-electron chi connectivity index (χ1n) is 7.80. The molecule has 0 aromatic carbocycles. The lowest BCUT2D eigenvalue weighted by Crippen LogP contribution is -2.49. The molecule has 1 aromatic rings. The van der Waals surface area contributed by atoms with E-state index in [9.17, 15) is 8.42 Å². The van der Waals surface area contributed by atoms with Gasteiger partial charge in [-0.3, -0.25) is 0 Å². The number of nitrogens with two attached hydrogens (primary N) is 1. The van der Waals surface area contributed by atoms with Crippen LogP contribution in [0.5, 0.6) is 0 Å². The van der Waals surface area contributed by atoms with Crippen molar-refractivity contribution in [2.24, 2.45) is 11.7 Å². The van der Waals surface area contributed by atoms with Gasteiger partial charge in [-0.05, 0) is 43.2 Å². The van der Waals surface area contributed by atoms with Gasteiger partial charge in [-0.25, -0.2) is 13.4 Å². The Morgan fingerprint density at radius 3 is 2.67 bits per heavy atom. The molecule has 0 spiro atoms. The van der Waals surface area contributed by atoms with Crippen LogP contribution >= 0.6 is 0 Å². The van der Waals surface area contributed by atoms with Crippen molar-refractivity contribution in [3.63, 3.8) is 0 Å². The second kappa shape index (κ2) is 6.02. The van der Waals surface area contributed by atoms with E-state index < -0.39 is 10.0 Å². The number of rotatable bonds is 3. The molecule has 1 aliphatic heterocycles. The van der Waals surface area contributed by atoms with Crippen molar-refractivity contribution in [1.29, 1.82) is 0 Å². The lowest BCUT2D eigenvalue weighted by Gasteiger charge is -2.42. The Kier molecular flexibility index (Phi) is 4.28. The van der Waals surface area contributed by atoms with E-state index in [1.54, 1.807) is 22.6 Å². The molecule has 3 rings (SSSR count). The molecule has 116 valence electrons. The van der Waals surface area contributed by atoms with Gasteiger partial charge < -0.3 is 5.73 Å². The molecule has 2 fully saturated rings. The fourth-order valence-corrected chi connectivity index (χ4v) is 5.35. The monoisotopic (exact) mass is 309 g/mol. The number of piperidine rings is 1. The maximum Gasteiger partial charge on any atom is 0.260 e. The molecule has 1 aliphatic carbocycles. The highest BCUT2D eigenvalue weighted by Gasteiger charge is 2.40. The third-order valence-corrected chi connectivity index (χ3v) is 6.64. The Hall–Kier alpha value is -0.980. The van der Waals surface area contributed by atoms with E-state index in [2.05, 4.69) is 4.98 Å². The van der Waals surface area contributed by atoms with Crippen LogP contribution in [-0.2, 0) is 16.6 Å². The van der Waals surface area contributed by atoms with Crippen LogP contribution in [-0.4, -0.2) is 30.3 Å². The molecule has 0 radical (unpaired) electrons. The van der Waals surface area contributed by atoms with Crippen molar-refractivity contribution in [3.05, 3.63) is 23.9 Å². The van der Waals surface area contributed by atoms with Crippen molar-refractivity contribution >= 4 is 10.0 Å². The lowest BCUT2D eigenvalue weighted by atomic mass is 9.79. The topological polar surface area (TPSA) is 76.3 Å². The van der Waals surface area contributed by atoms with Gasteiger partial charge in [0.2, 0.25) is 0 Å². The molecular formula is C15H23N3O2S. The average Bonchev–Trinajstić information content (AvgIpc) is 2.54. The van der Waals surface area contributed by atoms with E-state index in [4.69, 9.17) is 5.73 Å². The number of sulfonamides is 1. The van der Waals surface area contributed by atoms with Crippen LogP contribution in [0.15, 0.2) is 23.4 Å². The summed E-state index contributed by atoms with van der Waals surface area (Å²) in [5, 5.41) is 0.158. The first-order chi connectivity index (χ1) is 10.1. The van der Waals surface area contributed by atoms with Crippen molar-refractivity contribution in [2.75, 3.05) is 6.54 Å². The van der Waals surface area contributed by atoms with Gasteiger partial charge >= 0.3 is 0 Å². The number of hydrogen-bond acceptors (Lipinski definition) is 4. The standard InChI is InChI=1S/C15H23N3O2S/c16-10-12-7-8-15(17-11-12)21(19,20)18-9-3-5-13-4-1-2-6-14(13)18/h7-8,11,13-14H,1-6,9-10,16H2/t13-,14-/m1/s1. The minimum absolute atomic E-state index is 0.158. The second-order valence-electron chi connectivity index (χ2n) is 6.08. The first-order valence-corrected chi connectivity index (χ1v) is 9.24. The summed E-state index contributed by atoms with van der Waals surface area (Å²) >= 11 is 0. The second-order valence-corrected chi connectivity index (χ2v) is 7.92. The van der Waals surface area contributed by atoms with Gasteiger partial charge in [0.15, 0.2) is 5.03 Å². The highest BCUT2D eigenvalue weighted by molar-refractivity contribution is 7.89. The fraction of sp³-hybridized carbons (Fsp3) is 0.667. The molecule has 1 saturated carbocycles. The van der Waals surface area contributed by atoms with Crippen LogP contribution < -0.4 is 5.73 Å². The molecule has 1 saturated heterocycles. The first kappa shape index (κ1) is 14.9. The van der Waals surface area contributed by atoms with Crippen LogP contribution in [0.1, 0.15) is 44.1 Å². The predicted molar refractivity (Wildman–Crippen MR) is 81.0 cm³/mol. The van der Waals surface area contributed by atoms with E-state index in [0.717, 1.165) is 37.7 Å². The molecule has 5 nitrogen and oxygen atoms in total. The van der Waals surface area contributed by atoms with Crippen molar-refractivity contribution in [3.8, 4) is 0 Å². The molecule has 0 amide bonds. The smallest absolute Gasteiger partial charge is 0.260 e. The van der Waals surface area contributed by atoms with Crippen molar-refractivity contribution < 1.29 is 8.42 Å². The van der Waals surface area contributed by atoms with E-state index in [0.29, 0.717) is 19.0 Å². The summed E-state index contributed by atoms with van der Waals surface area (Å²) in [5.74, 6) is 0.533. The van der Waals surface area contributed by atoms with Gasteiger partial charge in [-0.15, -0.1) is 0 Å². The quantitative estimate of drug-likeness (QED) is 0.925. The Bertz CT molecular complexity index is 583. The zero-order valence-corrected chi connectivity index (χ0v) is 13.1. The highest BCUT2D eigenvalue weighted by Crippen LogP contribution is 2.37. The third-order valence-electron chi connectivity index (χ3n) is 4.80. The van der Waals surface area contributed by atoms with Gasteiger partial charge in [-0.2, -0.15) is 4.31 Å². The maximum absolute atomic E-state index is 12.9. The number of pyridine rings is 1. The minimum Gasteiger partial charge on any atom is -0.326 e. The van der Waals surface area contributed by atoms with Gasteiger partial charge in [0.05, 0.1) is 0 Å². The molecule has 0 unspecified atom stereocenters. The summed E-state index contributed by atoms with van der Waals surface area (Å²) in [4.78, 5) is 4.12. The van der Waals surface area contributed by atoms with Gasteiger partial charge in [-0.1, -0.05) is 18.9 Å². The summed E-state index contributed by atoms with van der Waals surface area (Å²) in [7, 11) is -3.48. The SMILES string of the molecule is NCc1ccc(S(=O)(=O)N2CCC[C@H]3CCCC[C@H]32)nc1. The molecular weight excluding hydrogens is 286 g/mol. The van der Waals surface area contributed by atoms with Gasteiger partial charge in [0.1, 0.15) is 0 Å².